The number of aromatic hydroxyl groups is 1. The minimum Gasteiger partial charge on any atom is -0.507 e. The highest BCUT2D eigenvalue weighted by Gasteiger charge is 2.16. The van der Waals surface area contributed by atoms with E-state index in [0.717, 1.165) is 5.56 Å². The number of carbonyl (C=O) groups excluding carboxylic acids is 2. The molecular weight excluding hydrogens is 414 g/mol. The van der Waals surface area contributed by atoms with Gasteiger partial charge in [-0.05, 0) is 60.4 Å². The lowest BCUT2D eigenvalue weighted by molar-refractivity contribution is -0.118. The fourth-order valence-electron chi connectivity index (χ4n) is 3.48. The number of ketones is 1. The van der Waals surface area contributed by atoms with E-state index in [-0.39, 0.29) is 41.5 Å². The van der Waals surface area contributed by atoms with Crippen molar-refractivity contribution in [3.8, 4) is 16.9 Å². The van der Waals surface area contributed by atoms with E-state index in [1.54, 1.807) is 32.0 Å². The fourth-order valence-corrected chi connectivity index (χ4v) is 3.48. The molecule has 2 aromatic carbocycles. The van der Waals surface area contributed by atoms with Crippen LogP contribution in [0.5, 0.6) is 5.75 Å². The summed E-state index contributed by atoms with van der Waals surface area (Å²) in [4.78, 5) is 29.4. The molecule has 0 aliphatic rings. The molecule has 0 saturated heterocycles. The molecule has 1 heterocycles. The Morgan fingerprint density at radius 1 is 1.03 bits per heavy atom. The summed E-state index contributed by atoms with van der Waals surface area (Å²) in [5.74, 6) is -1.80. The molecule has 0 spiro atoms. The Hall–Kier alpha value is -3.61. The van der Waals surface area contributed by atoms with E-state index in [9.17, 15) is 23.5 Å². The molecule has 1 amide bonds. The van der Waals surface area contributed by atoms with Gasteiger partial charge in [0.2, 0.25) is 11.9 Å². The molecule has 0 saturated carbocycles. The van der Waals surface area contributed by atoms with Gasteiger partial charge in [0.05, 0.1) is 11.3 Å². The first-order valence-electron chi connectivity index (χ1n) is 10.3. The third-order valence-corrected chi connectivity index (χ3v) is 5.40. The maximum absolute atomic E-state index is 14.6. The van der Waals surface area contributed by atoms with E-state index in [4.69, 9.17) is 0 Å². The number of nitrogens with zero attached hydrogens (tertiary/aromatic N) is 2. The molecule has 0 radical (unpaired) electrons. The Bertz CT molecular complexity index is 1180. The number of phenols is 1. The van der Waals surface area contributed by atoms with Gasteiger partial charge in [0.25, 0.3) is 0 Å². The Morgan fingerprint density at radius 3 is 2.34 bits per heavy atom. The molecule has 5 nitrogen and oxygen atoms in total. The van der Waals surface area contributed by atoms with E-state index in [0.29, 0.717) is 23.2 Å². The number of pyridine rings is 1. The van der Waals surface area contributed by atoms with Crippen molar-refractivity contribution in [2.75, 3.05) is 11.9 Å². The van der Waals surface area contributed by atoms with Crippen LogP contribution in [-0.2, 0) is 11.2 Å². The van der Waals surface area contributed by atoms with Crippen molar-refractivity contribution >= 4 is 17.4 Å². The van der Waals surface area contributed by atoms with Crippen molar-refractivity contribution in [3.05, 3.63) is 77.1 Å². The van der Waals surface area contributed by atoms with Crippen LogP contribution in [0.3, 0.4) is 0 Å². The highest BCUT2D eigenvalue weighted by atomic mass is 19.1. The van der Waals surface area contributed by atoms with Gasteiger partial charge < -0.3 is 10.0 Å². The zero-order valence-corrected chi connectivity index (χ0v) is 18.2. The predicted molar refractivity (Wildman–Crippen MR) is 119 cm³/mol. The molecule has 3 rings (SSSR count). The molecule has 0 fully saturated rings. The monoisotopic (exact) mass is 438 g/mol. The van der Waals surface area contributed by atoms with Gasteiger partial charge in [-0.25, -0.2) is 9.37 Å². The van der Waals surface area contributed by atoms with Crippen molar-refractivity contribution < 1.29 is 23.5 Å². The third-order valence-electron chi connectivity index (χ3n) is 5.40. The van der Waals surface area contributed by atoms with Gasteiger partial charge in [0.1, 0.15) is 11.6 Å². The van der Waals surface area contributed by atoms with Crippen molar-refractivity contribution in [2.45, 2.75) is 33.1 Å². The Balaban J connectivity index is 1.76. The van der Waals surface area contributed by atoms with Gasteiger partial charge >= 0.3 is 0 Å². The van der Waals surface area contributed by atoms with Gasteiger partial charge in [-0.1, -0.05) is 25.1 Å². The van der Waals surface area contributed by atoms with Crippen LogP contribution in [0.15, 0.2) is 48.5 Å². The summed E-state index contributed by atoms with van der Waals surface area (Å²) >= 11 is 0. The SMILES string of the molecule is CCC(=O)N(C)c1ccc(-c2ccc(C(=O)CCc3ccc(F)nc3C)c(O)c2)cc1F. The molecule has 32 heavy (non-hydrogen) atoms. The van der Waals surface area contributed by atoms with Gasteiger partial charge in [-0.3, -0.25) is 9.59 Å². The second-order valence-corrected chi connectivity index (χ2v) is 7.51. The molecule has 1 aromatic heterocycles. The summed E-state index contributed by atoms with van der Waals surface area (Å²) in [6.45, 7) is 3.38. The van der Waals surface area contributed by atoms with Crippen molar-refractivity contribution in [1.82, 2.24) is 4.98 Å². The maximum Gasteiger partial charge on any atom is 0.226 e. The summed E-state index contributed by atoms with van der Waals surface area (Å²) in [5.41, 5.74) is 2.65. The number of hydrogen-bond donors (Lipinski definition) is 1. The smallest absolute Gasteiger partial charge is 0.226 e. The topological polar surface area (TPSA) is 70.5 Å². The van der Waals surface area contributed by atoms with Crippen LogP contribution in [0.2, 0.25) is 0 Å². The molecule has 0 aliphatic heterocycles. The first kappa shape index (κ1) is 23.1. The number of benzene rings is 2. The first-order chi connectivity index (χ1) is 15.2. The number of aromatic nitrogens is 1. The summed E-state index contributed by atoms with van der Waals surface area (Å²) in [6.07, 6.45) is 0.760. The average molecular weight is 438 g/mol. The minimum atomic E-state index is -0.570. The normalized spacial score (nSPS) is 10.8. The van der Waals surface area contributed by atoms with Crippen LogP contribution < -0.4 is 4.90 Å². The quantitative estimate of drug-likeness (QED) is 0.405. The first-order valence-corrected chi connectivity index (χ1v) is 10.3. The zero-order chi connectivity index (χ0) is 23.4. The van der Waals surface area contributed by atoms with Gasteiger partial charge in [0, 0.05) is 25.6 Å². The van der Waals surface area contributed by atoms with Crippen molar-refractivity contribution in [3.63, 3.8) is 0 Å². The molecule has 1 N–H and O–H groups in total. The second-order valence-electron chi connectivity index (χ2n) is 7.51. The minimum absolute atomic E-state index is 0.127. The lowest BCUT2D eigenvalue weighted by atomic mass is 9.98. The standard InChI is InChI=1S/C25H24F2N2O3/c1-4-25(32)29(3)21-10-6-17(13-20(21)26)18-5-9-19(23(31)14-18)22(30)11-7-16-8-12-24(27)28-15(16)2/h5-6,8-10,12-14,31H,4,7,11H2,1-3H3. The summed E-state index contributed by atoms with van der Waals surface area (Å²) in [5, 5.41) is 10.4. The largest absolute Gasteiger partial charge is 0.507 e. The lowest BCUT2D eigenvalue weighted by Crippen LogP contribution is -2.25. The van der Waals surface area contributed by atoms with Crippen LogP contribution in [0, 0.1) is 18.7 Å². The average Bonchev–Trinajstić information content (AvgIpc) is 2.77. The number of aryl methyl sites for hydroxylation is 2. The molecule has 166 valence electrons. The maximum atomic E-state index is 14.6. The molecule has 3 aromatic rings. The van der Waals surface area contributed by atoms with Crippen LogP contribution in [0.1, 0.15) is 41.4 Å². The number of amides is 1. The fraction of sp³-hybridized carbons (Fsp3) is 0.240. The van der Waals surface area contributed by atoms with E-state index in [1.165, 1.54) is 42.3 Å². The highest BCUT2D eigenvalue weighted by molar-refractivity contribution is 5.99. The van der Waals surface area contributed by atoms with Crippen LogP contribution in [-0.4, -0.2) is 28.8 Å². The van der Waals surface area contributed by atoms with Crippen LogP contribution in [0.4, 0.5) is 14.5 Å². The Morgan fingerprint density at radius 2 is 1.72 bits per heavy atom. The number of carbonyl (C=O) groups is 2. The van der Waals surface area contributed by atoms with E-state index >= 15 is 0 Å². The molecular formula is C25H24F2N2O3. The second kappa shape index (κ2) is 9.68. The summed E-state index contributed by atoms with van der Waals surface area (Å²) in [6, 6.07) is 11.8. The number of anilines is 1. The predicted octanol–water partition coefficient (Wildman–Crippen LogP) is 5.23. The number of hydrogen-bond acceptors (Lipinski definition) is 4. The van der Waals surface area contributed by atoms with Crippen LogP contribution in [0.25, 0.3) is 11.1 Å². The van der Waals surface area contributed by atoms with E-state index in [2.05, 4.69) is 4.98 Å². The van der Waals surface area contributed by atoms with Crippen molar-refractivity contribution in [1.29, 1.82) is 0 Å². The number of rotatable bonds is 7. The molecule has 0 unspecified atom stereocenters. The summed E-state index contributed by atoms with van der Waals surface area (Å²) in [7, 11) is 1.51. The molecule has 0 aliphatic carbocycles. The van der Waals surface area contributed by atoms with E-state index < -0.39 is 11.8 Å². The van der Waals surface area contributed by atoms with Crippen molar-refractivity contribution in [2.24, 2.45) is 0 Å². The molecule has 0 atom stereocenters. The summed E-state index contributed by atoms with van der Waals surface area (Å²) < 4.78 is 27.7. The van der Waals surface area contributed by atoms with Gasteiger partial charge in [-0.2, -0.15) is 4.39 Å². The lowest BCUT2D eigenvalue weighted by Gasteiger charge is -2.18. The molecule has 7 heteroatoms. The third kappa shape index (κ3) is 4.99. The zero-order valence-electron chi connectivity index (χ0n) is 18.2. The number of Topliss-reactive ketones (excluding diaryl/α,β-unsaturated/α-hetero) is 1. The van der Waals surface area contributed by atoms with E-state index in [1.807, 2.05) is 0 Å². The number of phenolic OH excluding ortho intramolecular Hbond substituents is 1. The molecule has 0 bridgehead atoms. The van der Waals surface area contributed by atoms with Gasteiger partial charge in [0.15, 0.2) is 5.78 Å². The highest BCUT2D eigenvalue weighted by Crippen LogP contribution is 2.30. The van der Waals surface area contributed by atoms with Crippen LogP contribution >= 0.6 is 0 Å². The Labute approximate surface area is 185 Å². The number of halogens is 2. The Kier molecular flexibility index (Phi) is 6.98. The van der Waals surface area contributed by atoms with Gasteiger partial charge in [-0.15, -0.1) is 0 Å².